The predicted molar refractivity (Wildman–Crippen MR) is 109 cm³/mol. The molecule has 138 valence electrons. The van der Waals surface area contributed by atoms with Crippen molar-refractivity contribution in [3.8, 4) is 0 Å². The summed E-state index contributed by atoms with van der Waals surface area (Å²) in [5.74, 6) is -1.77. The highest BCUT2D eigenvalue weighted by Gasteiger charge is 2.35. The van der Waals surface area contributed by atoms with Crippen molar-refractivity contribution in [3.63, 3.8) is 0 Å². The molecule has 1 unspecified atom stereocenters. The van der Waals surface area contributed by atoms with Crippen LogP contribution in [-0.4, -0.2) is 22.7 Å². The summed E-state index contributed by atoms with van der Waals surface area (Å²) < 4.78 is 0. The normalized spacial score (nSPS) is 15.8. The number of nitrogens with one attached hydrogen (secondary N) is 1. The van der Waals surface area contributed by atoms with E-state index >= 15 is 0 Å². The third-order valence-corrected chi connectivity index (χ3v) is 4.79. The topological polar surface area (TPSA) is 78.8 Å². The summed E-state index contributed by atoms with van der Waals surface area (Å²) in [6, 6.07) is 21.0. The quantitative estimate of drug-likeness (QED) is 0.622. The number of amides is 1. The molecule has 4 rings (SSSR count). The van der Waals surface area contributed by atoms with E-state index in [2.05, 4.69) is 5.32 Å². The number of rotatable bonds is 4. The van der Waals surface area contributed by atoms with Gasteiger partial charge in [-0.2, -0.15) is 0 Å². The molecule has 2 N–H and O–H groups in total. The van der Waals surface area contributed by atoms with Gasteiger partial charge in [0, 0.05) is 10.7 Å². The zero-order valence-electron chi connectivity index (χ0n) is 14.6. The Hall–Kier alpha value is -3.44. The smallest absolute Gasteiger partial charge is 0.335 e. The molecule has 0 aromatic heterocycles. The van der Waals surface area contributed by atoms with Gasteiger partial charge < -0.3 is 10.4 Å². The fourth-order valence-electron chi connectivity index (χ4n) is 3.23. The molecular weight excluding hydrogens is 376 g/mol. The molecule has 1 amide bonds. The number of aromatic carboxylic acids is 1. The number of halogens is 1. The molecule has 28 heavy (non-hydrogen) atoms. The Balaban J connectivity index is 1.84. The maximum absolute atomic E-state index is 12.8. The van der Waals surface area contributed by atoms with Gasteiger partial charge in [0.15, 0.2) is 0 Å². The Labute approximate surface area is 166 Å². The molecule has 6 heteroatoms. The van der Waals surface area contributed by atoms with Gasteiger partial charge in [0.05, 0.1) is 17.0 Å². The lowest BCUT2D eigenvalue weighted by atomic mass is 9.90. The van der Waals surface area contributed by atoms with E-state index in [1.165, 1.54) is 12.1 Å². The number of carboxylic acid groups (broad SMARTS) is 1. The number of benzene rings is 3. The van der Waals surface area contributed by atoms with Crippen molar-refractivity contribution in [1.82, 2.24) is 0 Å². The number of anilines is 1. The van der Waals surface area contributed by atoms with Crippen molar-refractivity contribution in [2.45, 2.75) is 5.92 Å². The van der Waals surface area contributed by atoms with Crippen LogP contribution in [0, 0.1) is 0 Å². The maximum Gasteiger partial charge on any atom is 0.335 e. The van der Waals surface area contributed by atoms with Crippen LogP contribution < -0.4 is 5.32 Å². The fourth-order valence-corrected chi connectivity index (χ4v) is 3.40. The molecular formula is C22H15ClN2O3. The molecule has 3 aromatic carbocycles. The average Bonchev–Trinajstić information content (AvgIpc) is 3.01. The SMILES string of the molecule is O=C(O)c1ccc(N=C(c2ccccc2)C2C(=O)Nc3cc(Cl)ccc32)cc1. The van der Waals surface area contributed by atoms with E-state index in [1.54, 1.807) is 24.3 Å². The zero-order valence-corrected chi connectivity index (χ0v) is 15.4. The molecule has 0 saturated heterocycles. The molecule has 5 nitrogen and oxygen atoms in total. The Morgan fingerprint density at radius 3 is 2.36 bits per heavy atom. The van der Waals surface area contributed by atoms with Gasteiger partial charge in [-0.3, -0.25) is 9.79 Å². The number of aliphatic imine (C=N–C) groups is 1. The zero-order chi connectivity index (χ0) is 19.7. The number of nitrogens with zero attached hydrogens (tertiary/aromatic N) is 1. The molecule has 3 aromatic rings. The average molecular weight is 391 g/mol. The highest BCUT2D eigenvalue weighted by molar-refractivity contribution is 6.31. The summed E-state index contributed by atoms with van der Waals surface area (Å²) in [4.78, 5) is 28.6. The first kappa shape index (κ1) is 17.9. The molecule has 0 bridgehead atoms. The van der Waals surface area contributed by atoms with E-state index in [4.69, 9.17) is 21.7 Å². The van der Waals surface area contributed by atoms with Gasteiger partial charge in [-0.1, -0.05) is 48.0 Å². The van der Waals surface area contributed by atoms with E-state index < -0.39 is 11.9 Å². The molecule has 0 spiro atoms. The second-order valence-electron chi connectivity index (χ2n) is 6.37. The first-order chi connectivity index (χ1) is 13.5. The second kappa shape index (κ2) is 7.29. The second-order valence-corrected chi connectivity index (χ2v) is 6.81. The van der Waals surface area contributed by atoms with Crippen LogP contribution in [0.5, 0.6) is 0 Å². The van der Waals surface area contributed by atoms with Gasteiger partial charge in [0.2, 0.25) is 5.91 Å². The monoisotopic (exact) mass is 390 g/mol. The number of carboxylic acids is 1. The van der Waals surface area contributed by atoms with Gasteiger partial charge in [-0.15, -0.1) is 0 Å². The van der Waals surface area contributed by atoms with Crippen molar-refractivity contribution < 1.29 is 14.7 Å². The van der Waals surface area contributed by atoms with E-state index in [0.29, 0.717) is 22.1 Å². The Morgan fingerprint density at radius 1 is 0.964 bits per heavy atom. The summed E-state index contributed by atoms with van der Waals surface area (Å²) in [7, 11) is 0. The number of carbonyl (C=O) groups excluding carboxylic acids is 1. The summed E-state index contributed by atoms with van der Waals surface area (Å²) in [6.07, 6.45) is 0. The summed E-state index contributed by atoms with van der Waals surface area (Å²) in [6.45, 7) is 0. The van der Waals surface area contributed by atoms with Crippen LogP contribution >= 0.6 is 11.6 Å². The Kier molecular flexibility index (Phi) is 4.67. The molecule has 0 saturated carbocycles. The van der Waals surface area contributed by atoms with Crippen molar-refractivity contribution in [2.75, 3.05) is 5.32 Å². The van der Waals surface area contributed by atoms with Crippen LogP contribution in [0.2, 0.25) is 5.02 Å². The molecule has 0 radical (unpaired) electrons. The number of fused-ring (bicyclic) bond motifs is 1. The summed E-state index contributed by atoms with van der Waals surface area (Å²) in [5, 5.41) is 12.5. The minimum absolute atomic E-state index is 0.179. The highest BCUT2D eigenvalue weighted by Crippen LogP contribution is 2.37. The first-order valence-corrected chi connectivity index (χ1v) is 8.98. The van der Waals surface area contributed by atoms with Gasteiger partial charge >= 0.3 is 5.97 Å². The van der Waals surface area contributed by atoms with Gasteiger partial charge in [-0.25, -0.2) is 4.79 Å². The maximum atomic E-state index is 12.8. The molecule has 1 atom stereocenters. The third kappa shape index (κ3) is 3.40. The van der Waals surface area contributed by atoms with Crippen molar-refractivity contribution in [1.29, 1.82) is 0 Å². The minimum Gasteiger partial charge on any atom is -0.478 e. The highest BCUT2D eigenvalue weighted by atomic mass is 35.5. The van der Waals surface area contributed by atoms with Crippen LogP contribution in [0.15, 0.2) is 77.8 Å². The van der Waals surface area contributed by atoms with E-state index in [1.807, 2.05) is 36.4 Å². The lowest BCUT2D eigenvalue weighted by Crippen LogP contribution is -2.21. The van der Waals surface area contributed by atoms with E-state index in [-0.39, 0.29) is 11.5 Å². The van der Waals surface area contributed by atoms with Gasteiger partial charge in [-0.05, 0) is 47.5 Å². The van der Waals surface area contributed by atoms with Crippen LogP contribution in [0.4, 0.5) is 11.4 Å². The molecule has 1 aliphatic heterocycles. The van der Waals surface area contributed by atoms with Crippen LogP contribution in [-0.2, 0) is 4.79 Å². The van der Waals surface area contributed by atoms with Crippen molar-refractivity contribution >= 4 is 40.6 Å². The van der Waals surface area contributed by atoms with Crippen LogP contribution in [0.25, 0.3) is 0 Å². The predicted octanol–water partition coefficient (Wildman–Crippen LogP) is 4.89. The molecule has 0 fully saturated rings. The molecule has 1 aliphatic rings. The lowest BCUT2D eigenvalue weighted by molar-refractivity contribution is -0.115. The first-order valence-electron chi connectivity index (χ1n) is 8.60. The van der Waals surface area contributed by atoms with Gasteiger partial charge in [0.25, 0.3) is 0 Å². The van der Waals surface area contributed by atoms with E-state index in [9.17, 15) is 9.59 Å². The Bertz CT molecular complexity index is 1090. The van der Waals surface area contributed by atoms with Crippen LogP contribution in [0.1, 0.15) is 27.4 Å². The Morgan fingerprint density at radius 2 is 1.68 bits per heavy atom. The number of hydrogen-bond donors (Lipinski definition) is 2. The lowest BCUT2D eigenvalue weighted by Gasteiger charge is -2.14. The number of hydrogen-bond acceptors (Lipinski definition) is 3. The standard InChI is InChI=1S/C22H15ClN2O3/c23-15-8-11-17-18(12-15)25-21(26)19(17)20(13-4-2-1-3-5-13)24-16-9-6-14(7-10-16)22(27)28/h1-12,19H,(H,25,26)(H,27,28). The van der Waals surface area contributed by atoms with Gasteiger partial charge in [0.1, 0.15) is 5.92 Å². The summed E-state index contributed by atoms with van der Waals surface area (Å²) in [5.41, 5.74) is 3.62. The molecule has 1 heterocycles. The summed E-state index contributed by atoms with van der Waals surface area (Å²) >= 11 is 6.06. The van der Waals surface area contributed by atoms with Crippen molar-refractivity contribution in [3.05, 3.63) is 94.5 Å². The number of carbonyl (C=O) groups is 2. The fraction of sp³-hybridized carbons (Fsp3) is 0.0455. The minimum atomic E-state index is -1.00. The molecule has 0 aliphatic carbocycles. The van der Waals surface area contributed by atoms with Crippen molar-refractivity contribution in [2.24, 2.45) is 4.99 Å². The third-order valence-electron chi connectivity index (χ3n) is 4.55. The van der Waals surface area contributed by atoms with E-state index in [0.717, 1.165) is 11.1 Å². The largest absolute Gasteiger partial charge is 0.478 e. The van der Waals surface area contributed by atoms with Crippen LogP contribution in [0.3, 0.4) is 0 Å².